The van der Waals surface area contributed by atoms with Gasteiger partial charge in [0, 0.05) is 12.0 Å². The average Bonchev–Trinajstić information content (AvgIpc) is 2.07. The zero-order chi connectivity index (χ0) is 7.89. The minimum absolute atomic E-state index is 0.231. The molecule has 60 valence electrons. The van der Waals surface area contributed by atoms with Gasteiger partial charge >= 0.3 is 0 Å². The van der Waals surface area contributed by atoms with E-state index in [-0.39, 0.29) is 5.92 Å². The third-order valence-electron chi connectivity index (χ3n) is 2.24. The maximum Gasteiger partial charge on any atom is 0.108 e. The third-order valence-corrected chi connectivity index (χ3v) is 2.24. The Morgan fingerprint density at radius 1 is 1.00 bits per heavy atom. The smallest absolute Gasteiger partial charge is 0.108 e. The topological polar surface area (TPSA) is 86.7 Å². The highest BCUT2D eigenvalue weighted by molar-refractivity contribution is 4.98. The third kappa shape index (κ3) is 0.932. The van der Waals surface area contributed by atoms with Crippen LogP contribution in [0.2, 0.25) is 0 Å². The van der Waals surface area contributed by atoms with Crippen molar-refractivity contribution < 1.29 is 15.3 Å². The summed E-state index contributed by atoms with van der Waals surface area (Å²) >= 11 is 0. The fourth-order valence-electron chi connectivity index (χ4n) is 1.28. The molecule has 0 aliphatic heterocycles. The van der Waals surface area contributed by atoms with E-state index in [1.807, 2.05) is 0 Å². The molecule has 1 aliphatic carbocycles. The highest BCUT2D eigenvalue weighted by atomic mass is 16.4. The van der Waals surface area contributed by atoms with Crippen LogP contribution in [0.1, 0.15) is 6.92 Å². The van der Waals surface area contributed by atoms with Crippen molar-refractivity contribution in [1.29, 1.82) is 0 Å². The molecule has 1 fully saturated rings. The van der Waals surface area contributed by atoms with Gasteiger partial charge in [-0.05, 0) is 0 Å². The summed E-state index contributed by atoms with van der Waals surface area (Å²) in [7, 11) is 0. The molecule has 0 amide bonds. The van der Waals surface area contributed by atoms with Crippen molar-refractivity contribution in [3.05, 3.63) is 0 Å². The fourth-order valence-corrected chi connectivity index (χ4v) is 1.28. The van der Waals surface area contributed by atoms with Gasteiger partial charge in [-0.15, -0.1) is 0 Å². The van der Waals surface area contributed by atoms with Crippen molar-refractivity contribution >= 4 is 0 Å². The Labute approximate surface area is 59.3 Å². The standard InChI is InChI=1S/C6H13NO3/c1-2-3(7)5(9)6(10)4(2)8/h2-6,8-10H,7H2,1H3. The molecule has 10 heavy (non-hydrogen) atoms. The van der Waals surface area contributed by atoms with Crippen molar-refractivity contribution in [2.45, 2.75) is 31.3 Å². The van der Waals surface area contributed by atoms with Crippen LogP contribution in [0.3, 0.4) is 0 Å². The molecule has 1 rings (SSSR count). The molecule has 4 heteroatoms. The van der Waals surface area contributed by atoms with E-state index in [1.54, 1.807) is 6.92 Å². The molecule has 5 atom stereocenters. The SMILES string of the molecule is CC1C(N)C(O)C(O)C1O. The Morgan fingerprint density at radius 2 is 1.50 bits per heavy atom. The second-order valence-corrected chi connectivity index (χ2v) is 2.91. The lowest BCUT2D eigenvalue weighted by Crippen LogP contribution is -2.37. The van der Waals surface area contributed by atoms with Gasteiger partial charge < -0.3 is 21.1 Å². The van der Waals surface area contributed by atoms with Crippen LogP contribution in [0, 0.1) is 5.92 Å². The van der Waals surface area contributed by atoms with Gasteiger partial charge in [0.1, 0.15) is 6.10 Å². The lowest BCUT2D eigenvalue weighted by Gasteiger charge is -2.12. The van der Waals surface area contributed by atoms with Gasteiger partial charge in [0.2, 0.25) is 0 Å². The lowest BCUT2D eigenvalue weighted by atomic mass is 10.1. The highest BCUT2D eigenvalue weighted by Gasteiger charge is 2.44. The molecule has 4 nitrogen and oxygen atoms in total. The Bertz CT molecular complexity index is 85.3. The van der Waals surface area contributed by atoms with E-state index < -0.39 is 24.4 Å². The quantitative estimate of drug-likeness (QED) is 0.320. The molecular formula is C6H13NO3. The normalized spacial score (nSPS) is 55.5. The minimum Gasteiger partial charge on any atom is -0.390 e. The number of aliphatic hydroxyl groups excluding tert-OH is 3. The summed E-state index contributed by atoms with van der Waals surface area (Å²) in [5, 5.41) is 27.2. The summed E-state index contributed by atoms with van der Waals surface area (Å²) in [5.41, 5.74) is 5.43. The maximum atomic E-state index is 9.12. The van der Waals surface area contributed by atoms with E-state index >= 15 is 0 Å². The van der Waals surface area contributed by atoms with Crippen molar-refractivity contribution in [3.63, 3.8) is 0 Å². The van der Waals surface area contributed by atoms with E-state index in [0.29, 0.717) is 0 Å². The van der Waals surface area contributed by atoms with Crippen LogP contribution >= 0.6 is 0 Å². The highest BCUT2D eigenvalue weighted by Crippen LogP contribution is 2.24. The molecule has 1 saturated carbocycles. The van der Waals surface area contributed by atoms with Crippen LogP contribution in [0.25, 0.3) is 0 Å². The average molecular weight is 147 g/mol. The monoisotopic (exact) mass is 147 g/mol. The molecule has 0 spiro atoms. The Kier molecular flexibility index (Phi) is 1.96. The summed E-state index contributed by atoms with van der Waals surface area (Å²) < 4.78 is 0. The Morgan fingerprint density at radius 3 is 1.60 bits per heavy atom. The Balaban J connectivity index is 2.68. The summed E-state index contributed by atoms with van der Waals surface area (Å²) in [6.45, 7) is 1.70. The summed E-state index contributed by atoms with van der Waals surface area (Å²) in [5.74, 6) is -0.231. The predicted octanol–water partition coefficient (Wildman–Crippen LogP) is -1.95. The van der Waals surface area contributed by atoms with Crippen molar-refractivity contribution in [3.8, 4) is 0 Å². The molecule has 0 radical (unpaired) electrons. The second-order valence-electron chi connectivity index (χ2n) is 2.91. The van der Waals surface area contributed by atoms with Gasteiger partial charge in [-0.25, -0.2) is 0 Å². The van der Waals surface area contributed by atoms with Crippen LogP contribution in [-0.4, -0.2) is 39.7 Å². The summed E-state index contributed by atoms with van der Waals surface area (Å²) in [6, 6.07) is -0.509. The van der Waals surface area contributed by atoms with Gasteiger partial charge in [-0.3, -0.25) is 0 Å². The van der Waals surface area contributed by atoms with Crippen molar-refractivity contribution in [2.75, 3.05) is 0 Å². The van der Waals surface area contributed by atoms with Crippen LogP contribution < -0.4 is 5.73 Å². The van der Waals surface area contributed by atoms with E-state index in [0.717, 1.165) is 0 Å². The molecule has 0 saturated heterocycles. The maximum absolute atomic E-state index is 9.12. The molecule has 0 aromatic rings. The lowest BCUT2D eigenvalue weighted by molar-refractivity contribution is -0.0257. The molecule has 0 aromatic carbocycles. The number of rotatable bonds is 0. The first-order valence-corrected chi connectivity index (χ1v) is 3.35. The van der Waals surface area contributed by atoms with Gasteiger partial charge in [-0.2, -0.15) is 0 Å². The predicted molar refractivity (Wildman–Crippen MR) is 35.2 cm³/mol. The first-order chi connectivity index (χ1) is 4.55. The van der Waals surface area contributed by atoms with E-state index in [2.05, 4.69) is 0 Å². The Hall–Kier alpha value is -0.160. The zero-order valence-electron chi connectivity index (χ0n) is 5.81. The molecule has 0 aromatic heterocycles. The van der Waals surface area contributed by atoms with Gasteiger partial charge in [0.15, 0.2) is 0 Å². The van der Waals surface area contributed by atoms with Crippen LogP contribution in [0.15, 0.2) is 0 Å². The van der Waals surface area contributed by atoms with Crippen molar-refractivity contribution in [2.24, 2.45) is 11.7 Å². The van der Waals surface area contributed by atoms with E-state index in [1.165, 1.54) is 0 Å². The molecule has 5 unspecified atom stereocenters. The second kappa shape index (κ2) is 2.47. The van der Waals surface area contributed by atoms with Crippen LogP contribution in [0.4, 0.5) is 0 Å². The first-order valence-electron chi connectivity index (χ1n) is 3.35. The molecule has 0 bridgehead atoms. The van der Waals surface area contributed by atoms with E-state index in [4.69, 9.17) is 21.1 Å². The van der Waals surface area contributed by atoms with E-state index in [9.17, 15) is 0 Å². The first kappa shape index (κ1) is 7.94. The molecule has 0 heterocycles. The minimum atomic E-state index is -1.08. The van der Waals surface area contributed by atoms with Crippen LogP contribution in [0.5, 0.6) is 0 Å². The number of nitrogens with two attached hydrogens (primary N) is 1. The fraction of sp³-hybridized carbons (Fsp3) is 1.00. The van der Waals surface area contributed by atoms with Gasteiger partial charge in [-0.1, -0.05) is 6.92 Å². The largest absolute Gasteiger partial charge is 0.390 e. The summed E-state index contributed by atoms with van der Waals surface area (Å²) in [4.78, 5) is 0. The molecule has 1 aliphatic rings. The number of hydrogen-bond acceptors (Lipinski definition) is 4. The molecule has 5 N–H and O–H groups in total. The summed E-state index contributed by atoms with van der Waals surface area (Å²) in [6.07, 6.45) is -2.94. The van der Waals surface area contributed by atoms with Crippen LogP contribution in [-0.2, 0) is 0 Å². The van der Waals surface area contributed by atoms with Crippen molar-refractivity contribution in [1.82, 2.24) is 0 Å². The number of hydrogen-bond donors (Lipinski definition) is 4. The van der Waals surface area contributed by atoms with Gasteiger partial charge in [0.05, 0.1) is 12.2 Å². The number of aliphatic hydroxyl groups is 3. The van der Waals surface area contributed by atoms with Gasteiger partial charge in [0.25, 0.3) is 0 Å². The molecular weight excluding hydrogens is 134 g/mol. The zero-order valence-corrected chi connectivity index (χ0v) is 5.81.